The van der Waals surface area contributed by atoms with E-state index in [1.54, 1.807) is 0 Å². The Balaban J connectivity index is 1.80. The second-order valence-corrected chi connectivity index (χ2v) is 5.47. The summed E-state index contributed by atoms with van der Waals surface area (Å²) in [4.78, 5) is 4.56. The third-order valence-corrected chi connectivity index (χ3v) is 3.79. The van der Waals surface area contributed by atoms with Crippen LogP contribution in [-0.4, -0.2) is 14.6 Å². The van der Waals surface area contributed by atoms with E-state index in [2.05, 4.69) is 28.3 Å². The van der Waals surface area contributed by atoms with E-state index in [0.29, 0.717) is 10.8 Å². The monoisotopic (exact) mass is 305 g/mol. The molecule has 2 heterocycles. The number of pyridine rings is 1. The van der Waals surface area contributed by atoms with Crippen molar-refractivity contribution in [2.24, 2.45) is 0 Å². The molecule has 0 saturated carbocycles. The third kappa shape index (κ3) is 2.36. The summed E-state index contributed by atoms with van der Waals surface area (Å²) in [5, 5.41) is 5.27. The van der Waals surface area contributed by atoms with E-state index in [9.17, 15) is 0 Å². The van der Waals surface area contributed by atoms with E-state index in [1.165, 1.54) is 0 Å². The fourth-order valence-electron chi connectivity index (χ4n) is 2.41. The van der Waals surface area contributed by atoms with Gasteiger partial charge in [0.15, 0.2) is 11.5 Å². The molecule has 4 rings (SSSR count). The Morgan fingerprint density at radius 1 is 0.727 bits per heavy atom. The van der Waals surface area contributed by atoms with Gasteiger partial charge in [-0.05, 0) is 42.0 Å². The van der Waals surface area contributed by atoms with Gasteiger partial charge in [0.05, 0.1) is 0 Å². The van der Waals surface area contributed by atoms with Gasteiger partial charge in [0, 0.05) is 22.3 Å². The summed E-state index contributed by atoms with van der Waals surface area (Å²) >= 11 is 5.92. The Morgan fingerprint density at radius 2 is 1.45 bits per heavy atom. The van der Waals surface area contributed by atoms with Crippen molar-refractivity contribution in [2.45, 2.75) is 0 Å². The van der Waals surface area contributed by atoms with Crippen LogP contribution in [0.5, 0.6) is 0 Å². The molecule has 106 valence electrons. The van der Waals surface area contributed by atoms with Crippen LogP contribution >= 0.6 is 11.6 Å². The lowest BCUT2D eigenvalue weighted by molar-refractivity contribution is 0.967. The van der Waals surface area contributed by atoms with Gasteiger partial charge in [-0.15, -0.1) is 5.10 Å². The van der Waals surface area contributed by atoms with Crippen LogP contribution in [0.3, 0.4) is 0 Å². The number of hydrogen-bond donors (Lipinski definition) is 0. The molecule has 22 heavy (non-hydrogen) atoms. The van der Waals surface area contributed by atoms with Crippen LogP contribution in [0.1, 0.15) is 0 Å². The summed E-state index contributed by atoms with van der Waals surface area (Å²) in [5.41, 5.74) is 4.05. The van der Waals surface area contributed by atoms with Crippen LogP contribution in [0.2, 0.25) is 5.02 Å². The first kappa shape index (κ1) is 13.0. The quantitative estimate of drug-likeness (QED) is 0.536. The van der Waals surface area contributed by atoms with Crippen LogP contribution in [0.25, 0.3) is 28.2 Å². The Bertz CT molecular complexity index is 928. The minimum atomic E-state index is 0.696. The topological polar surface area (TPSA) is 30.2 Å². The maximum Gasteiger partial charge on any atom is 0.182 e. The molecule has 0 saturated heterocycles. The highest BCUT2D eigenvalue weighted by Gasteiger charge is 2.07. The van der Waals surface area contributed by atoms with Crippen molar-refractivity contribution in [3.05, 3.63) is 77.9 Å². The summed E-state index contributed by atoms with van der Waals surface area (Å²) in [5.74, 6) is 0.696. The Hall–Kier alpha value is -2.65. The van der Waals surface area contributed by atoms with Gasteiger partial charge in [0.25, 0.3) is 0 Å². The number of aromatic nitrogens is 3. The maximum atomic E-state index is 5.92. The molecule has 0 fully saturated rings. The molecule has 2 aromatic carbocycles. The van der Waals surface area contributed by atoms with Crippen molar-refractivity contribution in [3.8, 4) is 22.5 Å². The number of rotatable bonds is 2. The van der Waals surface area contributed by atoms with Crippen molar-refractivity contribution in [3.63, 3.8) is 0 Å². The predicted octanol–water partition coefficient (Wildman–Crippen LogP) is 4.72. The third-order valence-electron chi connectivity index (χ3n) is 3.54. The van der Waals surface area contributed by atoms with E-state index in [0.717, 1.165) is 22.3 Å². The molecule has 0 spiro atoms. The molecule has 0 radical (unpaired) electrons. The lowest BCUT2D eigenvalue weighted by Gasteiger charge is -2.00. The van der Waals surface area contributed by atoms with Gasteiger partial charge < -0.3 is 0 Å². The molecule has 0 unspecified atom stereocenters. The van der Waals surface area contributed by atoms with Crippen LogP contribution in [-0.2, 0) is 0 Å². The van der Waals surface area contributed by atoms with Gasteiger partial charge in [-0.25, -0.2) is 9.50 Å². The highest BCUT2D eigenvalue weighted by Crippen LogP contribution is 2.22. The fraction of sp³-hybridized carbons (Fsp3) is 0. The molecule has 0 bridgehead atoms. The van der Waals surface area contributed by atoms with Crippen LogP contribution < -0.4 is 0 Å². The van der Waals surface area contributed by atoms with E-state index in [-0.39, 0.29) is 0 Å². The molecule has 3 nitrogen and oxygen atoms in total. The van der Waals surface area contributed by atoms with Gasteiger partial charge in [0.1, 0.15) is 0 Å². The zero-order valence-corrected chi connectivity index (χ0v) is 12.4. The smallest absolute Gasteiger partial charge is 0.182 e. The molecule has 2 aromatic heterocycles. The average Bonchev–Trinajstić information content (AvgIpc) is 2.99. The van der Waals surface area contributed by atoms with E-state index >= 15 is 0 Å². The highest BCUT2D eigenvalue weighted by atomic mass is 35.5. The number of halogens is 1. The molecule has 0 aliphatic carbocycles. The van der Waals surface area contributed by atoms with E-state index in [4.69, 9.17) is 11.6 Å². The summed E-state index contributed by atoms with van der Waals surface area (Å²) in [6.07, 6.45) is 2.00. The summed E-state index contributed by atoms with van der Waals surface area (Å²) in [6.45, 7) is 0. The van der Waals surface area contributed by atoms with Crippen molar-refractivity contribution in [1.29, 1.82) is 0 Å². The summed E-state index contributed by atoms with van der Waals surface area (Å²) in [6, 6.07) is 21.8. The first-order chi connectivity index (χ1) is 10.8. The van der Waals surface area contributed by atoms with Gasteiger partial charge in [0.2, 0.25) is 0 Å². The van der Waals surface area contributed by atoms with Crippen molar-refractivity contribution in [2.75, 3.05) is 0 Å². The second-order valence-electron chi connectivity index (χ2n) is 5.03. The largest absolute Gasteiger partial charge is 0.220 e. The normalized spacial score (nSPS) is 11.0. The zero-order valence-electron chi connectivity index (χ0n) is 11.6. The molecule has 0 amide bonds. The van der Waals surface area contributed by atoms with Crippen LogP contribution in [0.4, 0.5) is 0 Å². The van der Waals surface area contributed by atoms with Gasteiger partial charge in [-0.1, -0.05) is 41.9 Å². The molecular weight excluding hydrogens is 294 g/mol. The Morgan fingerprint density at radius 3 is 2.23 bits per heavy atom. The van der Waals surface area contributed by atoms with Crippen molar-refractivity contribution in [1.82, 2.24) is 14.6 Å². The average molecular weight is 306 g/mol. The fourth-order valence-corrected chi connectivity index (χ4v) is 2.53. The molecule has 0 N–H and O–H groups in total. The van der Waals surface area contributed by atoms with Gasteiger partial charge in [-0.3, -0.25) is 0 Å². The van der Waals surface area contributed by atoms with Gasteiger partial charge in [-0.2, -0.15) is 0 Å². The van der Waals surface area contributed by atoms with Gasteiger partial charge >= 0.3 is 0 Å². The number of nitrogens with zero attached hydrogens (tertiary/aromatic N) is 3. The first-order valence-electron chi connectivity index (χ1n) is 6.97. The highest BCUT2D eigenvalue weighted by molar-refractivity contribution is 6.30. The lowest BCUT2D eigenvalue weighted by Crippen LogP contribution is -1.88. The lowest BCUT2D eigenvalue weighted by atomic mass is 10.1. The minimum absolute atomic E-state index is 0.696. The summed E-state index contributed by atoms with van der Waals surface area (Å²) < 4.78 is 1.81. The second kappa shape index (κ2) is 5.28. The van der Waals surface area contributed by atoms with Crippen LogP contribution in [0.15, 0.2) is 72.9 Å². The summed E-state index contributed by atoms with van der Waals surface area (Å²) in [7, 11) is 0. The van der Waals surface area contributed by atoms with E-state index in [1.807, 2.05) is 59.2 Å². The predicted molar refractivity (Wildman–Crippen MR) is 88.9 cm³/mol. The first-order valence-corrected chi connectivity index (χ1v) is 7.35. The van der Waals surface area contributed by atoms with Crippen LogP contribution in [0, 0.1) is 0 Å². The van der Waals surface area contributed by atoms with E-state index < -0.39 is 0 Å². The van der Waals surface area contributed by atoms with Crippen molar-refractivity contribution >= 4 is 17.2 Å². The molecular formula is C18H12ClN3. The number of benzene rings is 2. The number of hydrogen-bond acceptors (Lipinski definition) is 2. The number of fused-ring (bicyclic) bond motifs is 1. The standard InChI is InChI=1S/C18H12ClN3/c19-16-9-6-14(7-10-16)18-20-17-11-8-15(12-22(17)21-18)13-4-2-1-3-5-13/h1-12H. The molecule has 0 aliphatic heterocycles. The zero-order chi connectivity index (χ0) is 14.9. The molecule has 4 heteroatoms. The minimum Gasteiger partial charge on any atom is -0.220 e. The Labute approximate surface area is 132 Å². The molecule has 4 aromatic rings. The maximum absolute atomic E-state index is 5.92. The molecule has 0 atom stereocenters. The molecule has 0 aliphatic rings. The Kier molecular flexibility index (Phi) is 3.13. The SMILES string of the molecule is Clc1ccc(-c2nc3ccc(-c4ccccc4)cn3n2)cc1. The van der Waals surface area contributed by atoms with Crippen molar-refractivity contribution < 1.29 is 0 Å².